The molecule has 1 N–H and O–H groups in total. The molecule has 0 fully saturated rings. The van der Waals surface area contributed by atoms with Gasteiger partial charge in [-0.2, -0.15) is 0 Å². The number of carbonyl (C=O) groups is 1. The molecule has 0 unspecified atom stereocenters. The lowest BCUT2D eigenvalue weighted by Crippen LogP contribution is -2.21. The van der Waals surface area contributed by atoms with Crippen molar-refractivity contribution in [1.29, 1.82) is 0 Å². The van der Waals surface area contributed by atoms with Crippen LogP contribution >= 0.6 is 0 Å². The van der Waals surface area contributed by atoms with Gasteiger partial charge in [-0.1, -0.05) is 6.07 Å². The Bertz CT molecular complexity index is 762. The van der Waals surface area contributed by atoms with E-state index in [1.165, 1.54) is 16.8 Å². The maximum absolute atomic E-state index is 13.2. The number of hydrogen-bond donors (Lipinski definition) is 1. The zero-order valence-electron chi connectivity index (χ0n) is 11.5. The Morgan fingerprint density at radius 1 is 1.29 bits per heavy atom. The molecule has 0 atom stereocenters. The van der Waals surface area contributed by atoms with Crippen LogP contribution in [0.25, 0.3) is 11.3 Å². The van der Waals surface area contributed by atoms with Crippen LogP contribution in [0.1, 0.15) is 15.9 Å². The normalized spacial score (nSPS) is 10.8. The van der Waals surface area contributed by atoms with Crippen molar-refractivity contribution in [1.82, 2.24) is 14.8 Å². The van der Waals surface area contributed by atoms with E-state index in [9.17, 15) is 9.18 Å². The summed E-state index contributed by atoms with van der Waals surface area (Å²) in [4.78, 5) is 16.1. The summed E-state index contributed by atoms with van der Waals surface area (Å²) >= 11 is 0. The van der Waals surface area contributed by atoms with Crippen LogP contribution in [0.2, 0.25) is 0 Å². The van der Waals surface area contributed by atoms with Crippen LogP contribution < -0.4 is 0 Å². The molecule has 0 aliphatic carbocycles. The Labute approximate surface area is 121 Å². The summed E-state index contributed by atoms with van der Waals surface area (Å²) in [6, 6.07) is 8.20. The van der Waals surface area contributed by atoms with Gasteiger partial charge in [0, 0.05) is 18.0 Å². The van der Waals surface area contributed by atoms with Crippen LogP contribution in [0.3, 0.4) is 0 Å². The molecule has 1 aromatic carbocycles. The first-order valence-corrected chi connectivity index (χ1v) is 6.59. The van der Waals surface area contributed by atoms with Gasteiger partial charge in [0.05, 0.1) is 18.3 Å². The Balaban J connectivity index is 1.74. The topological polar surface area (TPSA) is 50.7 Å². The van der Waals surface area contributed by atoms with E-state index in [-0.39, 0.29) is 18.1 Å². The Kier molecular flexibility index (Phi) is 3.39. The highest BCUT2D eigenvalue weighted by Gasteiger charge is 2.13. The number of benzene rings is 1. The quantitative estimate of drug-likeness (QED) is 0.802. The van der Waals surface area contributed by atoms with Crippen molar-refractivity contribution in [3.8, 4) is 11.3 Å². The van der Waals surface area contributed by atoms with Gasteiger partial charge in [-0.05, 0) is 42.3 Å². The minimum Gasteiger partial charge on any atom is -0.290 e. The first kappa shape index (κ1) is 13.3. The van der Waals surface area contributed by atoms with Crippen molar-refractivity contribution in [2.75, 3.05) is 0 Å². The van der Waals surface area contributed by atoms with Crippen molar-refractivity contribution >= 4 is 5.91 Å². The standard InChI is InChI=1S/C16H14FN3O/c1-11-2-3-14(17)8-13(11)9-16(21)20-10-15(19-20)12-4-6-18-7-5-12/h2-8,10,19H,9H2,1H3. The van der Waals surface area contributed by atoms with Crippen LogP contribution in [-0.2, 0) is 6.42 Å². The third-order valence-electron chi connectivity index (χ3n) is 3.41. The first-order valence-electron chi connectivity index (χ1n) is 6.59. The fourth-order valence-corrected chi connectivity index (χ4v) is 2.14. The number of hydrogen-bond acceptors (Lipinski definition) is 2. The number of H-pyrrole nitrogens is 1. The molecule has 0 saturated heterocycles. The van der Waals surface area contributed by atoms with Crippen molar-refractivity contribution in [2.24, 2.45) is 0 Å². The Hall–Kier alpha value is -2.69. The zero-order chi connectivity index (χ0) is 14.8. The average Bonchev–Trinajstić information content (AvgIpc) is 2.42. The molecule has 0 aliphatic rings. The van der Waals surface area contributed by atoms with Gasteiger partial charge in [0.2, 0.25) is 5.91 Å². The Morgan fingerprint density at radius 2 is 2.00 bits per heavy atom. The minimum absolute atomic E-state index is 0.124. The first-order chi connectivity index (χ1) is 10.1. The molecule has 21 heavy (non-hydrogen) atoms. The average molecular weight is 283 g/mol. The molecule has 2 heterocycles. The summed E-state index contributed by atoms with van der Waals surface area (Å²) in [5, 5.41) is 2.97. The largest absolute Gasteiger partial charge is 0.290 e. The SMILES string of the molecule is Cc1ccc(F)cc1CC(=O)n1cc(-c2ccncc2)[nH]1. The molecule has 0 aliphatic heterocycles. The molecule has 3 aromatic rings. The number of halogens is 1. The van der Waals surface area contributed by atoms with Crippen LogP contribution in [0, 0.1) is 12.7 Å². The number of pyridine rings is 1. The maximum atomic E-state index is 13.2. The maximum Gasteiger partial charge on any atom is 0.249 e. The van der Waals surface area contributed by atoms with E-state index in [1.54, 1.807) is 24.7 Å². The molecule has 4 nitrogen and oxygen atoms in total. The van der Waals surface area contributed by atoms with Crippen LogP contribution in [0.15, 0.2) is 48.9 Å². The second-order valence-corrected chi connectivity index (χ2v) is 4.90. The van der Waals surface area contributed by atoms with Gasteiger partial charge < -0.3 is 0 Å². The number of rotatable bonds is 3. The molecule has 0 bridgehead atoms. The molecular weight excluding hydrogens is 269 g/mol. The third-order valence-corrected chi connectivity index (χ3v) is 3.41. The number of nitrogens with one attached hydrogen (secondary N) is 1. The third kappa shape index (κ3) is 2.76. The summed E-state index contributed by atoms with van der Waals surface area (Å²) in [5.41, 5.74) is 3.44. The molecule has 0 saturated carbocycles. The van der Waals surface area contributed by atoms with Crippen molar-refractivity contribution in [3.63, 3.8) is 0 Å². The van der Waals surface area contributed by atoms with Crippen molar-refractivity contribution in [2.45, 2.75) is 13.3 Å². The summed E-state index contributed by atoms with van der Waals surface area (Å²) in [5.74, 6) is -0.450. The fourth-order valence-electron chi connectivity index (χ4n) is 2.14. The van der Waals surface area contributed by atoms with Gasteiger partial charge in [-0.3, -0.25) is 14.9 Å². The molecule has 2 aromatic heterocycles. The molecule has 106 valence electrons. The molecule has 3 rings (SSSR count). The van der Waals surface area contributed by atoms with Crippen molar-refractivity contribution in [3.05, 3.63) is 65.9 Å². The van der Waals surface area contributed by atoms with Crippen LogP contribution in [0.5, 0.6) is 0 Å². The van der Waals surface area contributed by atoms with E-state index in [4.69, 9.17) is 0 Å². The highest BCUT2D eigenvalue weighted by atomic mass is 19.1. The summed E-state index contributed by atoms with van der Waals surface area (Å²) in [6.45, 7) is 1.86. The number of carbonyl (C=O) groups excluding carboxylic acids is 1. The number of aryl methyl sites for hydroxylation is 1. The van der Waals surface area contributed by atoms with E-state index in [0.29, 0.717) is 5.56 Å². The van der Waals surface area contributed by atoms with E-state index < -0.39 is 0 Å². The van der Waals surface area contributed by atoms with E-state index in [0.717, 1.165) is 16.8 Å². The lowest BCUT2D eigenvalue weighted by molar-refractivity contribution is 0.0891. The van der Waals surface area contributed by atoms with Gasteiger partial charge in [0.15, 0.2) is 0 Å². The number of aromatic nitrogens is 3. The van der Waals surface area contributed by atoms with Gasteiger partial charge >= 0.3 is 0 Å². The van der Waals surface area contributed by atoms with E-state index in [1.807, 2.05) is 19.1 Å². The molecular formula is C16H14FN3O. The predicted octanol–water partition coefficient (Wildman–Crippen LogP) is 3.21. The van der Waals surface area contributed by atoms with E-state index >= 15 is 0 Å². The van der Waals surface area contributed by atoms with Gasteiger partial charge in [-0.25, -0.2) is 9.07 Å². The van der Waals surface area contributed by atoms with Gasteiger partial charge in [0.25, 0.3) is 0 Å². The monoisotopic (exact) mass is 283 g/mol. The van der Waals surface area contributed by atoms with E-state index in [2.05, 4.69) is 10.1 Å². The minimum atomic E-state index is -0.326. The summed E-state index contributed by atoms with van der Waals surface area (Å²) in [7, 11) is 0. The zero-order valence-corrected chi connectivity index (χ0v) is 11.5. The highest BCUT2D eigenvalue weighted by Crippen LogP contribution is 2.18. The fraction of sp³-hybridized carbons (Fsp3) is 0.125. The summed E-state index contributed by atoms with van der Waals surface area (Å²) < 4.78 is 14.6. The van der Waals surface area contributed by atoms with Gasteiger partial charge in [0.1, 0.15) is 5.82 Å². The predicted molar refractivity (Wildman–Crippen MR) is 77.5 cm³/mol. The second kappa shape index (κ2) is 5.36. The van der Waals surface area contributed by atoms with Crippen molar-refractivity contribution < 1.29 is 9.18 Å². The Morgan fingerprint density at radius 3 is 2.71 bits per heavy atom. The van der Waals surface area contributed by atoms with Crippen LogP contribution in [-0.4, -0.2) is 20.7 Å². The lowest BCUT2D eigenvalue weighted by atomic mass is 10.1. The molecule has 0 spiro atoms. The highest BCUT2D eigenvalue weighted by molar-refractivity contribution is 5.82. The molecule has 0 radical (unpaired) electrons. The summed E-state index contributed by atoms with van der Waals surface area (Å²) in [6.07, 6.45) is 5.28. The second-order valence-electron chi connectivity index (χ2n) is 4.90. The molecule has 5 heteroatoms. The smallest absolute Gasteiger partial charge is 0.249 e. The van der Waals surface area contributed by atoms with Gasteiger partial charge in [-0.15, -0.1) is 0 Å². The molecule has 0 amide bonds. The lowest BCUT2D eigenvalue weighted by Gasteiger charge is -2.15. The number of nitrogens with zero attached hydrogens (tertiary/aromatic N) is 2. The van der Waals surface area contributed by atoms with Crippen LogP contribution in [0.4, 0.5) is 4.39 Å². The number of aromatic amines is 1.